The van der Waals surface area contributed by atoms with Crippen molar-refractivity contribution in [2.24, 2.45) is 156 Å². The number of esters is 7. The predicted octanol–water partition coefficient (Wildman–Crippen LogP) is 28.5. The summed E-state index contributed by atoms with van der Waals surface area (Å²) in [5.41, 5.74) is -2.13. The first kappa shape index (κ1) is 116. The van der Waals surface area contributed by atoms with E-state index >= 15 is 0 Å². The van der Waals surface area contributed by atoms with E-state index in [2.05, 4.69) is 41.5 Å². The molecule has 19 aliphatic rings. The van der Waals surface area contributed by atoms with Crippen molar-refractivity contribution in [1.82, 2.24) is 0 Å². The maximum atomic E-state index is 12.7. The number of hydrogen-bond donors (Lipinski definition) is 0. The van der Waals surface area contributed by atoms with Crippen LogP contribution in [0.25, 0.3) is 0 Å². The highest BCUT2D eigenvalue weighted by Gasteiger charge is 2.70. The predicted molar refractivity (Wildman–Crippen MR) is 509 cm³/mol. The SMILES string of the molecule is C.C.C.C.C.C.C.C.C.C.CCC(C)(C)C(=O)OC(C)OC12CC3CC(CC(C3)C1)C2.CCC(C)(C)C(=O)OC(C)OC1CC2CC1C1C3CCC(C3)C21.CCC(C)(C)C(=O)OC1(C)CCC23CC1C(C)(C)C2CCC3C.CCC(C)(C)C(=O)OCCC(=O)OC1(C)C2CC3CC(C2)CC1C3.CCC(C)(C)C(=O)OCCOC(=O)C12CC3CC(CC(C3)C1)C2. The summed E-state index contributed by atoms with van der Waals surface area (Å²) in [4.78, 5) is 86.0. The highest BCUT2D eigenvalue weighted by molar-refractivity contribution is 5.79. The topological polar surface area (TPSA) is 203 Å². The molecule has 0 aromatic rings. The summed E-state index contributed by atoms with van der Waals surface area (Å²) in [5.74, 6) is 14.3. The van der Waals surface area contributed by atoms with Crippen molar-refractivity contribution in [2.75, 3.05) is 19.8 Å². The van der Waals surface area contributed by atoms with Gasteiger partial charge >= 0.3 is 41.8 Å². The van der Waals surface area contributed by atoms with Gasteiger partial charge in [-0.15, -0.1) is 0 Å². The van der Waals surface area contributed by atoms with Gasteiger partial charge in [0.15, 0.2) is 6.29 Å². The van der Waals surface area contributed by atoms with E-state index < -0.39 is 34.2 Å². The Hall–Kier alpha value is -3.79. The first-order valence-electron chi connectivity index (χ1n) is 47.0. The Labute approximate surface area is 763 Å². The zero-order valence-electron chi connectivity index (χ0n) is 75.7. The molecule has 16 heteroatoms. The highest BCUT2D eigenvalue weighted by atomic mass is 16.7. The molecule has 19 rings (SSSR count). The summed E-state index contributed by atoms with van der Waals surface area (Å²) in [6.45, 7) is 45.3. The van der Waals surface area contributed by atoms with Gasteiger partial charge < -0.3 is 42.6 Å². The fraction of sp³-hybridized carbons (Fsp3) is 0.935. The van der Waals surface area contributed by atoms with Crippen LogP contribution >= 0.6 is 0 Å². The number of hydrogen-bond acceptors (Lipinski definition) is 16. The standard InChI is InChI=1S/C21H36O2.C20H32O4.C20H32O3.C19H30O4.C18H30O3.10CH4/c1-8-18(3,4)17(22)23-20(7)11-12-21-13-16(20)19(5,6)15(21)10-9-14(21)2;1-5-19(2,3)18(22)23-7-6-17(21)24-20(4)15-9-13-8-14(11-15)12-16(20)10-13;1-5-20(3,4)19(21)23-11(2)22-16-10-14-9-15(16)18-13-7-6-12(8-13)17(14)18;1-4-18(2,3)16(20)22-5-6-23-17(21)19-10-13-7-14(11-19)9-15(8-13)12-19;1-5-17(3,4)16(19)20-12(2)21-18-9-13-6-14(10-18)8-15(7-13)11-18;;;;;;;;;;/h14-16H,8-13H2,1-7H3;13-16H,5-12H2,1-4H3;11-18H,5-10H2,1-4H3;13-15H,4-12H2,1-3H3;12-15H,5-11H2,1-4H3;10*1H4. The first-order valence-corrected chi connectivity index (χ1v) is 47.0. The molecular formula is C108H200O16. The van der Waals surface area contributed by atoms with Gasteiger partial charge in [-0.2, -0.15) is 0 Å². The third-order valence-electron chi connectivity index (χ3n) is 35.9. The Morgan fingerprint density at radius 3 is 1.25 bits per heavy atom. The van der Waals surface area contributed by atoms with Gasteiger partial charge in [-0.25, -0.2) is 0 Å². The summed E-state index contributed by atoms with van der Waals surface area (Å²) in [6.07, 6.45) is 37.9. The molecule has 16 nitrogen and oxygen atoms in total. The minimum absolute atomic E-state index is 0. The lowest BCUT2D eigenvalue weighted by Crippen LogP contribution is -2.58. The summed E-state index contributed by atoms with van der Waals surface area (Å²) in [6, 6.07) is 0. The quantitative estimate of drug-likeness (QED) is 0.0274. The number of fused-ring (bicyclic) bond motifs is 10. The lowest BCUT2D eigenvalue weighted by molar-refractivity contribution is -0.248. The van der Waals surface area contributed by atoms with E-state index in [-0.39, 0.29) is 175 Å². The van der Waals surface area contributed by atoms with E-state index in [1.165, 1.54) is 148 Å². The Bertz CT molecular complexity index is 3310. The number of rotatable bonds is 25. The van der Waals surface area contributed by atoms with Crippen molar-refractivity contribution in [3.63, 3.8) is 0 Å². The minimum Gasteiger partial charge on any atom is -0.465 e. The van der Waals surface area contributed by atoms with Crippen LogP contribution in [0, 0.1) is 156 Å². The smallest absolute Gasteiger partial charge is 0.313 e. The maximum Gasteiger partial charge on any atom is 0.313 e. The molecule has 19 aliphatic carbocycles. The summed E-state index contributed by atoms with van der Waals surface area (Å²) >= 11 is 0. The van der Waals surface area contributed by atoms with E-state index in [9.17, 15) is 33.6 Å². The monoisotopic (exact) mass is 1750 g/mol. The molecule has 19 saturated carbocycles. The molecule has 0 aromatic heterocycles. The third-order valence-corrected chi connectivity index (χ3v) is 35.9. The van der Waals surface area contributed by atoms with Crippen molar-refractivity contribution in [2.45, 2.75) is 474 Å². The van der Waals surface area contributed by atoms with Crippen molar-refractivity contribution in [1.29, 1.82) is 0 Å². The molecule has 0 N–H and O–H groups in total. The third kappa shape index (κ3) is 23.8. The van der Waals surface area contributed by atoms with Gasteiger partial charge in [0.05, 0.1) is 50.6 Å². The van der Waals surface area contributed by atoms with Gasteiger partial charge in [-0.3, -0.25) is 33.6 Å². The summed E-state index contributed by atoms with van der Waals surface area (Å²) in [7, 11) is 0. The molecule has 0 heterocycles. The van der Waals surface area contributed by atoms with Crippen molar-refractivity contribution >= 4 is 41.8 Å². The normalized spacial score (nSPS) is 37.1. The van der Waals surface area contributed by atoms with Crippen LogP contribution in [0.2, 0.25) is 0 Å². The molecule has 14 atom stereocenters. The van der Waals surface area contributed by atoms with Gasteiger partial charge in [-0.1, -0.05) is 130 Å². The molecule has 19 fully saturated rings. The van der Waals surface area contributed by atoms with E-state index in [1.54, 1.807) is 0 Å². The van der Waals surface area contributed by atoms with Crippen LogP contribution in [0.4, 0.5) is 0 Å². The van der Waals surface area contributed by atoms with Gasteiger partial charge in [0.25, 0.3) is 0 Å². The molecule has 18 bridgehead atoms. The van der Waals surface area contributed by atoms with Gasteiger partial charge in [0.2, 0.25) is 6.29 Å². The van der Waals surface area contributed by atoms with E-state index in [1.807, 2.05) is 111 Å². The van der Waals surface area contributed by atoms with E-state index in [0.29, 0.717) is 29.3 Å². The molecule has 0 radical (unpaired) electrons. The maximum absolute atomic E-state index is 12.7. The second kappa shape index (κ2) is 44.2. The fourth-order valence-electron chi connectivity index (χ4n) is 28.1. The average Bonchev–Trinajstić information content (AvgIpc) is 1.51. The Morgan fingerprint density at radius 1 is 0.387 bits per heavy atom. The van der Waals surface area contributed by atoms with Crippen LogP contribution in [0.1, 0.15) is 438 Å². The molecular weight excluding hydrogens is 1550 g/mol. The average molecular weight is 1750 g/mol. The second-order valence-electron chi connectivity index (χ2n) is 45.8. The van der Waals surface area contributed by atoms with Crippen LogP contribution in [0.5, 0.6) is 0 Å². The fourth-order valence-corrected chi connectivity index (χ4v) is 28.1. The molecule has 1 spiro atoms. The first-order chi connectivity index (χ1) is 53.3. The van der Waals surface area contributed by atoms with Gasteiger partial charge in [0.1, 0.15) is 31.0 Å². The molecule has 0 amide bonds. The molecule has 124 heavy (non-hydrogen) atoms. The number of carbonyl (C=O) groups excluding carboxylic acids is 7. The van der Waals surface area contributed by atoms with Crippen LogP contribution in [-0.4, -0.2) is 97.1 Å². The molecule has 14 unspecified atom stereocenters. The van der Waals surface area contributed by atoms with Crippen molar-refractivity contribution in [3.05, 3.63) is 0 Å². The van der Waals surface area contributed by atoms with Crippen LogP contribution in [-0.2, 0) is 76.2 Å². The summed E-state index contributed by atoms with van der Waals surface area (Å²) in [5, 5.41) is 0. The zero-order valence-corrected chi connectivity index (χ0v) is 75.7. The molecule has 728 valence electrons. The Kier molecular flexibility index (Phi) is 41.4. The van der Waals surface area contributed by atoms with Gasteiger partial charge in [-0.05, 0) is 420 Å². The lowest BCUT2D eigenvalue weighted by atomic mass is 9.49. The van der Waals surface area contributed by atoms with Gasteiger partial charge in [0, 0.05) is 5.92 Å². The molecule has 0 saturated heterocycles. The van der Waals surface area contributed by atoms with Crippen LogP contribution in [0.3, 0.4) is 0 Å². The van der Waals surface area contributed by atoms with Crippen molar-refractivity contribution in [3.8, 4) is 0 Å². The second-order valence-corrected chi connectivity index (χ2v) is 45.8. The number of ether oxygens (including phenoxy) is 9. The Balaban J connectivity index is 0.000000515. The van der Waals surface area contributed by atoms with E-state index in [0.717, 1.165) is 152 Å². The molecule has 0 aromatic carbocycles. The van der Waals surface area contributed by atoms with Crippen LogP contribution < -0.4 is 0 Å². The minimum atomic E-state index is -0.489. The molecule has 0 aliphatic heterocycles. The summed E-state index contributed by atoms with van der Waals surface area (Å²) < 4.78 is 52.0. The number of carbonyl (C=O) groups is 7. The Morgan fingerprint density at radius 2 is 0.790 bits per heavy atom. The lowest BCUT2D eigenvalue weighted by Gasteiger charge is -2.59. The highest BCUT2D eigenvalue weighted by Crippen LogP contribution is 2.74. The van der Waals surface area contributed by atoms with Crippen LogP contribution in [0.15, 0.2) is 0 Å². The van der Waals surface area contributed by atoms with Crippen molar-refractivity contribution < 1.29 is 76.2 Å². The largest absolute Gasteiger partial charge is 0.465 e. The van der Waals surface area contributed by atoms with E-state index in [4.69, 9.17) is 42.6 Å². The zero-order chi connectivity index (χ0) is 83.1.